The zero-order valence-electron chi connectivity index (χ0n) is 15.2. The first kappa shape index (κ1) is 18.5. The number of piperidine rings is 1. The van der Waals surface area contributed by atoms with Crippen LogP contribution in [0.2, 0.25) is 0 Å². The van der Waals surface area contributed by atoms with E-state index in [1.54, 1.807) is 6.33 Å². The lowest BCUT2D eigenvalue weighted by Crippen LogP contribution is -2.35. The highest BCUT2D eigenvalue weighted by molar-refractivity contribution is 5.76. The Kier molecular flexibility index (Phi) is 7.28. The molecule has 1 aromatic heterocycles. The van der Waals surface area contributed by atoms with E-state index in [0.29, 0.717) is 12.3 Å². The lowest BCUT2D eigenvalue weighted by molar-refractivity contribution is -0.121. The zero-order chi connectivity index (χ0) is 17.4. The summed E-state index contributed by atoms with van der Waals surface area (Å²) in [5, 5.41) is 6.28. The first-order chi connectivity index (χ1) is 11.6. The van der Waals surface area contributed by atoms with Crippen LogP contribution in [0.4, 0.5) is 11.6 Å². The van der Waals surface area contributed by atoms with Gasteiger partial charge in [0.15, 0.2) is 0 Å². The smallest absolute Gasteiger partial charge is 0.220 e. The second kappa shape index (κ2) is 9.45. The van der Waals surface area contributed by atoms with Crippen LogP contribution in [0.3, 0.4) is 0 Å². The highest BCUT2D eigenvalue weighted by Crippen LogP contribution is 2.25. The molecule has 2 heterocycles. The quantitative estimate of drug-likeness (QED) is 0.765. The second-order valence-electron chi connectivity index (χ2n) is 6.88. The number of hydrogen-bond donors (Lipinski definition) is 2. The predicted octanol–water partition coefficient (Wildman–Crippen LogP) is 2.82. The van der Waals surface area contributed by atoms with Gasteiger partial charge in [0, 0.05) is 38.2 Å². The lowest BCUT2D eigenvalue weighted by Gasteiger charge is -2.32. The molecule has 0 aromatic carbocycles. The van der Waals surface area contributed by atoms with Crippen LogP contribution in [0.25, 0.3) is 0 Å². The summed E-state index contributed by atoms with van der Waals surface area (Å²) in [6.07, 6.45) is 6.58. The van der Waals surface area contributed by atoms with Gasteiger partial charge >= 0.3 is 0 Å². The maximum atomic E-state index is 11.8. The number of anilines is 2. The summed E-state index contributed by atoms with van der Waals surface area (Å²) in [7, 11) is 0. The van der Waals surface area contributed by atoms with Crippen molar-refractivity contribution in [1.82, 2.24) is 15.3 Å². The Morgan fingerprint density at radius 3 is 2.75 bits per heavy atom. The number of hydrogen-bond acceptors (Lipinski definition) is 5. The number of carbonyl (C=O) groups excluding carboxylic acids is 1. The molecular weight excluding hydrogens is 302 g/mol. The average molecular weight is 333 g/mol. The molecule has 1 aromatic rings. The van der Waals surface area contributed by atoms with Gasteiger partial charge in [0.2, 0.25) is 5.91 Å². The molecule has 24 heavy (non-hydrogen) atoms. The van der Waals surface area contributed by atoms with Crippen LogP contribution >= 0.6 is 0 Å². The predicted molar refractivity (Wildman–Crippen MR) is 98.3 cm³/mol. The standard InChI is InChI=1S/C18H31N5O/c1-4-9-19-16-12-17(21-13-20-16)23-10-7-15(8-11-23)5-6-18(24)22-14(2)3/h12-15H,4-11H2,1-3H3,(H,22,24)(H,19,20,21). The SMILES string of the molecule is CCCNc1cc(N2CCC(CCC(=O)NC(C)C)CC2)ncn1. The van der Waals surface area contributed by atoms with E-state index in [9.17, 15) is 4.79 Å². The lowest BCUT2D eigenvalue weighted by atomic mass is 9.92. The van der Waals surface area contributed by atoms with Crippen LogP contribution in [-0.4, -0.2) is 41.6 Å². The highest BCUT2D eigenvalue weighted by Gasteiger charge is 2.21. The van der Waals surface area contributed by atoms with Crippen molar-refractivity contribution in [3.05, 3.63) is 12.4 Å². The molecule has 1 saturated heterocycles. The van der Waals surface area contributed by atoms with Gasteiger partial charge in [-0.2, -0.15) is 0 Å². The third-order valence-corrected chi connectivity index (χ3v) is 4.38. The topological polar surface area (TPSA) is 70.2 Å². The molecule has 0 atom stereocenters. The number of carbonyl (C=O) groups is 1. The van der Waals surface area contributed by atoms with Crippen LogP contribution in [-0.2, 0) is 4.79 Å². The second-order valence-corrected chi connectivity index (χ2v) is 6.88. The molecular formula is C18H31N5O. The molecule has 0 saturated carbocycles. The summed E-state index contributed by atoms with van der Waals surface area (Å²) in [5.74, 6) is 2.71. The van der Waals surface area contributed by atoms with Crippen molar-refractivity contribution in [2.24, 2.45) is 5.92 Å². The monoisotopic (exact) mass is 333 g/mol. The van der Waals surface area contributed by atoms with Crippen molar-refractivity contribution in [3.8, 4) is 0 Å². The molecule has 2 rings (SSSR count). The van der Waals surface area contributed by atoms with Crippen LogP contribution in [0, 0.1) is 5.92 Å². The first-order valence-electron chi connectivity index (χ1n) is 9.18. The molecule has 1 aliphatic heterocycles. The fraction of sp³-hybridized carbons (Fsp3) is 0.722. The molecule has 0 unspecified atom stereocenters. The van der Waals surface area contributed by atoms with Crippen LogP contribution in [0.15, 0.2) is 12.4 Å². The van der Waals surface area contributed by atoms with Crippen molar-refractivity contribution < 1.29 is 4.79 Å². The zero-order valence-corrected chi connectivity index (χ0v) is 15.2. The molecule has 0 radical (unpaired) electrons. The van der Waals surface area contributed by atoms with Crippen molar-refractivity contribution in [2.45, 2.75) is 58.9 Å². The van der Waals surface area contributed by atoms with Crippen molar-refractivity contribution in [2.75, 3.05) is 29.9 Å². The largest absolute Gasteiger partial charge is 0.370 e. The van der Waals surface area contributed by atoms with E-state index in [-0.39, 0.29) is 11.9 Å². The average Bonchev–Trinajstić information content (AvgIpc) is 2.58. The summed E-state index contributed by atoms with van der Waals surface area (Å²) in [5.41, 5.74) is 0. The van der Waals surface area contributed by atoms with Crippen molar-refractivity contribution in [3.63, 3.8) is 0 Å². The van der Waals surface area contributed by atoms with Gasteiger partial charge in [-0.05, 0) is 45.4 Å². The Balaban J connectivity index is 1.77. The van der Waals surface area contributed by atoms with E-state index < -0.39 is 0 Å². The van der Waals surface area contributed by atoms with E-state index in [1.165, 1.54) is 0 Å². The van der Waals surface area contributed by atoms with Gasteiger partial charge in [-0.1, -0.05) is 6.92 Å². The fourth-order valence-corrected chi connectivity index (χ4v) is 3.05. The minimum atomic E-state index is 0.176. The maximum Gasteiger partial charge on any atom is 0.220 e. The van der Waals surface area contributed by atoms with Gasteiger partial charge in [-0.3, -0.25) is 4.79 Å². The molecule has 134 valence electrons. The van der Waals surface area contributed by atoms with Gasteiger partial charge in [-0.15, -0.1) is 0 Å². The molecule has 0 bridgehead atoms. The third kappa shape index (κ3) is 5.98. The third-order valence-electron chi connectivity index (χ3n) is 4.38. The van der Waals surface area contributed by atoms with Crippen LogP contribution in [0.5, 0.6) is 0 Å². The minimum Gasteiger partial charge on any atom is -0.370 e. The Morgan fingerprint density at radius 1 is 1.33 bits per heavy atom. The van der Waals surface area contributed by atoms with E-state index in [0.717, 1.165) is 57.0 Å². The van der Waals surface area contributed by atoms with Gasteiger partial charge in [-0.25, -0.2) is 9.97 Å². The minimum absolute atomic E-state index is 0.176. The normalized spacial score (nSPS) is 15.6. The van der Waals surface area contributed by atoms with E-state index >= 15 is 0 Å². The first-order valence-corrected chi connectivity index (χ1v) is 9.18. The molecule has 6 heteroatoms. The number of rotatable bonds is 8. The maximum absolute atomic E-state index is 11.8. The van der Waals surface area contributed by atoms with Crippen molar-refractivity contribution >= 4 is 17.5 Å². The van der Waals surface area contributed by atoms with Crippen LogP contribution < -0.4 is 15.5 Å². The Hall–Kier alpha value is -1.85. The fourth-order valence-electron chi connectivity index (χ4n) is 3.05. The molecule has 0 aliphatic carbocycles. The molecule has 1 aliphatic rings. The summed E-state index contributed by atoms with van der Waals surface area (Å²) in [6, 6.07) is 2.26. The Morgan fingerprint density at radius 2 is 2.08 bits per heavy atom. The molecule has 1 fully saturated rings. The number of amides is 1. The summed E-state index contributed by atoms with van der Waals surface area (Å²) >= 11 is 0. The molecule has 6 nitrogen and oxygen atoms in total. The number of aromatic nitrogens is 2. The van der Waals surface area contributed by atoms with Crippen LogP contribution in [0.1, 0.15) is 52.9 Å². The number of nitrogens with one attached hydrogen (secondary N) is 2. The van der Waals surface area contributed by atoms with E-state index in [4.69, 9.17) is 0 Å². The van der Waals surface area contributed by atoms with Gasteiger partial charge in [0.1, 0.15) is 18.0 Å². The molecule has 1 amide bonds. The van der Waals surface area contributed by atoms with Gasteiger partial charge in [0.25, 0.3) is 0 Å². The van der Waals surface area contributed by atoms with Gasteiger partial charge < -0.3 is 15.5 Å². The van der Waals surface area contributed by atoms with Gasteiger partial charge in [0.05, 0.1) is 0 Å². The van der Waals surface area contributed by atoms with E-state index in [1.807, 2.05) is 19.9 Å². The Labute approximate surface area is 145 Å². The number of nitrogens with zero attached hydrogens (tertiary/aromatic N) is 3. The molecule has 2 N–H and O–H groups in total. The summed E-state index contributed by atoms with van der Waals surface area (Å²) < 4.78 is 0. The summed E-state index contributed by atoms with van der Waals surface area (Å²) in [6.45, 7) is 9.07. The van der Waals surface area contributed by atoms with E-state index in [2.05, 4.69) is 32.4 Å². The molecule has 0 spiro atoms. The summed E-state index contributed by atoms with van der Waals surface area (Å²) in [4.78, 5) is 22.8. The Bertz CT molecular complexity index is 512. The van der Waals surface area contributed by atoms with Crippen molar-refractivity contribution in [1.29, 1.82) is 0 Å². The highest BCUT2D eigenvalue weighted by atomic mass is 16.1.